The van der Waals surface area contributed by atoms with E-state index in [1.54, 1.807) is 12.1 Å². The molecule has 0 aliphatic rings. The SMILES string of the molecule is C=CCN(CCO)Cc1cc(OC)cc([N+](=O)[O-])c1. The van der Waals surface area contributed by atoms with Crippen LogP contribution in [0.25, 0.3) is 0 Å². The molecule has 0 saturated carbocycles. The smallest absolute Gasteiger partial charge is 0.273 e. The van der Waals surface area contributed by atoms with Gasteiger partial charge in [-0.1, -0.05) is 6.08 Å². The molecule has 0 atom stereocenters. The van der Waals surface area contributed by atoms with Crippen molar-refractivity contribution in [3.8, 4) is 5.75 Å². The molecule has 1 rings (SSSR count). The van der Waals surface area contributed by atoms with Gasteiger partial charge in [0.15, 0.2) is 0 Å². The first kappa shape index (κ1) is 15.1. The van der Waals surface area contributed by atoms with Crippen LogP contribution in [0.15, 0.2) is 30.9 Å². The zero-order valence-corrected chi connectivity index (χ0v) is 10.9. The maximum atomic E-state index is 10.8. The zero-order valence-electron chi connectivity index (χ0n) is 10.9. The molecule has 0 unspecified atom stereocenters. The third-order valence-electron chi connectivity index (χ3n) is 2.61. The standard InChI is InChI=1S/C13H18N2O4/c1-3-4-14(5-6-16)10-11-7-12(15(17)18)9-13(8-11)19-2/h3,7-9,16H,1,4-6,10H2,2H3. The molecule has 0 aliphatic carbocycles. The van der Waals surface area contributed by atoms with Gasteiger partial charge in [-0.3, -0.25) is 15.0 Å². The van der Waals surface area contributed by atoms with Crippen LogP contribution in [-0.2, 0) is 6.54 Å². The lowest BCUT2D eigenvalue weighted by Crippen LogP contribution is -2.26. The van der Waals surface area contributed by atoms with Crippen LogP contribution in [0, 0.1) is 10.1 Å². The second kappa shape index (κ2) is 7.50. The molecule has 19 heavy (non-hydrogen) atoms. The van der Waals surface area contributed by atoms with Crippen molar-refractivity contribution in [2.45, 2.75) is 6.54 Å². The third kappa shape index (κ3) is 4.69. The van der Waals surface area contributed by atoms with Crippen LogP contribution in [0.1, 0.15) is 5.56 Å². The van der Waals surface area contributed by atoms with Gasteiger partial charge in [0.05, 0.1) is 24.7 Å². The summed E-state index contributed by atoms with van der Waals surface area (Å²) in [6.07, 6.45) is 1.73. The fourth-order valence-electron chi connectivity index (χ4n) is 1.78. The lowest BCUT2D eigenvalue weighted by molar-refractivity contribution is -0.385. The molecule has 1 aromatic rings. The molecule has 0 saturated heterocycles. The Morgan fingerprint density at radius 2 is 2.26 bits per heavy atom. The Balaban J connectivity index is 2.94. The number of hydrogen-bond donors (Lipinski definition) is 1. The Labute approximate surface area is 112 Å². The summed E-state index contributed by atoms with van der Waals surface area (Å²) in [5.74, 6) is 0.451. The predicted octanol–water partition coefficient (Wildman–Crippen LogP) is 1.58. The van der Waals surface area contributed by atoms with Gasteiger partial charge in [-0.2, -0.15) is 0 Å². The van der Waals surface area contributed by atoms with Gasteiger partial charge in [0.25, 0.3) is 5.69 Å². The first-order valence-electron chi connectivity index (χ1n) is 5.87. The average molecular weight is 266 g/mol. The van der Waals surface area contributed by atoms with Gasteiger partial charge in [0, 0.05) is 25.7 Å². The van der Waals surface area contributed by atoms with Crippen molar-refractivity contribution < 1.29 is 14.8 Å². The van der Waals surface area contributed by atoms with Crippen LogP contribution in [-0.4, -0.2) is 41.7 Å². The van der Waals surface area contributed by atoms with E-state index in [1.807, 2.05) is 4.90 Å². The minimum atomic E-state index is -0.449. The normalized spacial score (nSPS) is 10.5. The molecular weight excluding hydrogens is 248 g/mol. The number of nitrogens with zero attached hydrogens (tertiary/aromatic N) is 2. The number of methoxy groups -OCH3 is 1. The van der Waals surface area contributed by atoms with Crippen molar-refractivity contribution in [2.24, 2.45) is 0 Å². The monoisotopic (exact) mass is 266 g/mol. The highest BCUT2D eigenvalue weighted by Gasteiger charge is 2.12. The van der Waals surface area contributed by atoms with E-state index in [9.17, 15) is 10.1 Å². The van der Waals surface area contributed by atoms with Crippen LogP contribution < -0.4 is 4.74 Å². The van der Waals surface area contributed by atoms with Gasteiger partial charge >= 0.3 is 0 Å². The van der Waals surface area contributed by atoms with Crippen molar-refractivity contribution in [3.63, 3.8) is 0 Å². The fourth-order valence-corrected chi connectivity index (χ4v) is 1.78. The molecule has 0 radical (unpaired) electrons. The Bertz CT molecular complexity index is 448. The summed E-state index contributed by atoms with van der Waals surface area (Å²) in [5, 5.41) is 19.8. The predicted molar refractivity (Wildman–Crippen MR) is 72.2 cm³/mol. The molecular formula is C13H18N2O4. The van der Waals surface area contributed by atoms with E-state index >= 15 is 0 Å². The summed E-state index contributed by atoms with van der Waals surface area (Å²) in [7, 11) is 1.47. The van der Waals surface area contributed by atoms with Crippen molar-refractivity contribution >= 4 is 5.69 Å². The maximum absolute atomic E-state index is 10.8. The molecule has 1 aromatic carbocycles. The molecule has 0 amide bonds. The molecule has 0 heterocycles. The van der Waals surface area contributed by atoms with Crippen LogP contribution >= 0.6 is 0 Å². The van der Waals surface area contributed by atoms with Crippen molar-refractivity contribution in [2.75, 3.05) is 26.8 Å². The number of benzene rings is 1. The molecule has 0 aromatic heterocycles. The highest BCUT2D eigenvalue weighted by Crippen LogP contribution is 2.23. The molecule has 0 spiro atoms. The maximum Gasteiger partial charge on any atom is 0.273 e. The van der Waals surface area contributed by atoms with Crippen molar-refractivity contribution in [1.29, 1.82) is 0 Å². The summed E-state index contributed by atoms with van der Waals surface area (Å²) in [4.78, 5) is 12.3. The van der Waals surface area contributed by atoms with Gasteiger partial charge in [-0.15, -0.1) is 6.58 Å². The van der Waals surface area contributed by atoms with E-state index in [1.165, 1.54) is 19.2 Å². The third-order valence-corrected chi connectivity index (χ3v) is 2.61. The second-order valence-electron chi connectivity index (χ2n) is 4.04. The molecule has 6 nitrogen and oxygen atoms in total. The van der Waals surface area contributed by atoms with E-state index in [-0.39, 0.29) is 12.3 Å². The van der Waals surface area contributed by atoms with E-state index in [4.69, 9.17) is 9.84 Å². The second-order valence-corrected chi connectivity index (χ2v) is 4.04. The van der Waals surface area contributed by atoms with Crippen molar-refractivity contribution in [1.82, 2.24) is 4.90 Å². The van der Waals surface area contributed by atoms with Gasteiger partial charge in [-0.05, 0) is 11.6 Å². The summed E-state index contributed by atoms with van der Waals surface area (Å²) in [5.41, 5.74) is 0.762. The number of nitro benzene ring substituents is 1. The van der Waals surface area contributed by atoms with E-state index < -0.39 is 4.92 Å². The average Bonchev–Trinajstić information content (AvgIpc) is 2.38. The highest BCUT2D eigenvalue weighted by molar-refractivity contribution is 5.42. The van der Waals surface area contributed by atoms with Crippen LogP contribution in [0.3, 0.4) is 0 Å². The van der Waals surface area contributed by atoms with Crippen LogP contribution in [0.2, 0.25) is 0 Å². The summed E-state index contributed by atoms with van der Waals surface area (Å²) in [6.45, 7) is 5.25. The largest absolute Gasteiger partial charge is 0.496 e. The zero-order chi connectivity index (χ0) is 14.3. The summed E-state index contributed by atoms with van der Waals surface area (Å²) >= 11 is 0. The molecule has 6 heteroatoms. The molecule has 0 bridgehead atoms. The van der Waals surface area contributed by atoms with Gasteiger partial charge in [0.2, 0.25) is 0 Å². The summed E-state index contributed by atoms with van der Waals surface area (Å²) in [6, 6.07) is 4.64. The Morgan fingerprint density at radius 1 is 1.53 bits per heavy atom. The van der Waals surface area contributed by atoms with Crippen LogP contribution in [0.4, 0.5) is 5.69 Å². The fraction of sp³-hybridized carbons (Fsp3) is 0.385. The van der Waals surface area contributed by atoms with Gasteiger partial charge < -0.3 is 9.84 Å². The summed E-state index contributed by atoms with van der Waals surface area (Å²) < 4.78 is 5.05. The minimum absolute atomic E-state index is 0.00287. The van der Waals surface area contributed by atoms with E-state index in [2.05, 4.69) is 6.58 Å². The molecule has 104 valence electrons. The lowest BCUT2D eigenvalue weighted by atomic mass is 10.1. The van der Waals surface area contributed by atoms with E-state index in [0.29, 0.717) is 25.4 Å². The van der Waals surface area contributed by atoms with Gasteiger partial charge in [-0.25, -0.2) is 0 Å². The lowest BCUT2D eigenvalue weighted by Gasteiger charge is -2.19. The van der Waals surface area contributed by atoms with Gasteiger partial charge in [0.1, 0.15) is 5.75 Å². The number of aliphatic hydroxyl groups excluding tert-OH is 1. The Hall–Kier alpha value is -1.92. The number of rotatable bonds is 8. The Morgan fingerprint density at radius 3 is 2.79 bits per heavy atom. The van der Waals surface area contributed by atoms with Crippen LogP contribution in [0.5, 0.6) is 5.75 Å². The number of aliphatic hydroxyl groups is 1. The molecule has 0 aliphatic heterocycles. The van der Waals surface area contributed by atoms with Crippen molar-refractivity contribution in [3.05, 3.63) is 46.5 Å². The highest BCUT2D eigenvalue weighted by atomic mass is 16.6. The quantitative estimate of drug-likeness (QED) is 0.439. The number of ether oxygens (including phenoxy) is 1. The minimum Gasteiger partial charge on any atom is -0.496 e. The molecule has 1 N–H and O–H groups in total. The number of non-ortho nitro benzene ring substituents is 1. The number of hydrogen-bond acceptors (Lipinski definition) is 5. The number of nitro groups is 1. The first-order chi connectivity index (χ1) is 9.10. The topological polar surface area (TPSA) is 75.8 Å². The van der Waals surface area contributed by atoms with E-state index in [0.717, 1.165) is 5.56 Å². The first-order valence-corrected chi connectivity index (χ1v) is 5.87. The Kier molecular flexibility index (Phi) is 5.98. The molecule has 0 fully saturated rings.